The fraction of sp³-hybridized carbons (Fsp3) is 0.333. The number of piperidine rings is 1. The zero-order valence-electron chi connectivity index (χ0n) is 8.92. The van der Waals surface area contributed by atoms with Gasteiger partial charge in [-0.25, -0.2) is 4.39 Å². The van der Waals surface area contributed by atoms with Gasteiger partial charge in [0.25, 0.3) is 0 Å². The summed E-state index contributed by atoms with van der Waals surface area (Å²) >= 11 is 0. The number of imide groups is 1. The molecule has 1 aliphatic rings. The van der Waals surface area contributed by atoms with Crippen molar-refractivity contribution in [1.29, 1.82) is 0 Å². The summed E-state index contributed by atoms with van der Waals surface area (Å²) in [5.41, 5.74) is 1.66. The Kier molecular flexibility index (Phi) is 2.73. The highest BCUT2D eigenvalue weighted by Crippen LogP contribution is 2.29. The smallest absolute Gasteiger partial charge is 0.227 e. The summed E-state index contributed by atoms with van der Waals surface area (Å²) in [7, 11) is 0. The molecule has 0 bridgehead atoms. The maximum Gasteiger partial charge on any atom is 0.227 e. The number of carbonyl (C=O) groups is 2. The van der Waals surface area contributed by atoms with Crippen molar-refractivity contribution in [3.05, 3.63) is 35.1 Å². The quantitative estimate of drug-likeness (QED) is 0.733. The largest absolute Gasteiger partial charge is 0.296 e. The molecule has 0 saturated carbocycles. The molecule has 1 N–H and O–H groups in total. The molecule has 2 amide bonds. The molecular formula is C12H12FNO2. The average molecular weight is 221 g/mol. The molecule has 0 atom stereocenters. The molecule has 4 heteroatoms. The number of amides is 2. The Labute approximate surface area is 92.7 Å². The van der Waals surface area contributed by atoms with E-state index in [1.165, 1.54) is 12.1 Å². The van der Waals surface area contributed by atoms with Gasteiger partial charge in [0, 0.05) is 18.8 Å². The SMILES string of the molecule is Cc1ccc(F)cc1C1CC(=O)NC(=O)C1. The van der Waals surface area contributed by atoms with Crippen LogP contribution in [0.25, 0.3) is 0 Å². The van der Waals surface area contributed by atoms with E-state index in [-0.39, 0.29) is 36.4 Å². The fourth-order valence-corrected chi connectivity index (χ4v) is 2.05. The Morgan fingerprint density at radius 1 is 1.25 bits per heavy atom. The molecule has 0 unspecified atom stereocenters. The van der Waals surface area contributed by atoms with Crippen LogP contribution in [0.1, 0.15) is 29.9 Å². The van der Waals surface area contributed by atoms with Crippen molar-refractivity contribution in [3.63, 3.8) is 0 Å². The summed E-state index contributed by atoms with van der Waals surface area (Å²) in [6.45, 7) is 1.85. The van der Waals surface area contributed by atoms with Gasteiger partial charge in [-0.05, 0) is 30.2 Å². The number of benzene rings is 1. The molecule has 1 fully saturated rings. The van der Waals surface area contributed by atoms with Gasteiger partial charge in [-0.2, -0.15) is 0 Å². The van der Waals surface area contributed by atoms with Gasteiger partial charge in [0.1, 0.15) is 5.82 Å². The van der Waals surface area contributed by atoms with Crippen molar-refractivity contribution in [1.82, 2.24) is 5.32 Å². The molecule has 16 heavy (non-hydrogen) atoms. The lowest BCUT2D eigenvalue weighted by Crippen LogP contribution is -2.37. The van der Waals surface area contributed by atoms with Gasteiger partial charge in [-0.15, -0.1) is 0 Å². The van der Waals surface area contributed by atoms with E-state index in [4.69, 9.17) is 0 Å². The molecule has 1 aliphatic heterocycles. The summed E-state index contributed by atoms with van der Waals surface area (Å²) in [6.07, 6.45) is 0.492. The third kappa shape index (κ3) is 2.10. The monoisotopic (exact) mass is 221 g/mol. The van der Waals surface area contributed by atoms with Gasteiger partial charge < -0.3 is 0 Å². The van der Waals surface area contributed by atoms with Crippen LogP contribution < -0.4 is 5.32 Å². The predicted molar refractivity (Wildman–Crippen MR) is 56.3 cm³/mol. The second kappa shape index (κ2) is 4.04. The first-order valence-electron chi connectivity index (χ1n) is 5.15. The third-order valence-electron chi connectivity index (χ3n) is 2.82. The molecule has 1 heterocycles. The topological polar surface area (TPSA) is 46.2 Å². The first-order chi connectivity index (χ1) is 7.56. The van der Waals surface area contributed by atoms with E-state index >= 15 is 0 Å². The minimum Gasteiger partial charge on any atom is -0.296 e. The van der Waals surface area contributed by atoms with Crippen LogP contribution in [-0.2, 0) is 9.59 Å². The minimum atomic E-state index is -0.334. The van der Waals surface area contributed by atoms with E-state index in [0.29, 0.717) is 0 Å². The van der Waals surface area contributed by atoms with Crippen molar-refractivity contribution in [3.8, 4) is 0 Å². The van der Waals surface area contributed by atoms with E-state index in [2.05, 4.69) is 5.32 Å². The highest BCUT2D eigenvalue weighted by Gasteiger charge is 2.27. The Morgan fingerprint density at radius 3 is 2.50 bits per heavy atom. The van der Waals surface area contributed by atoms with Crippen molar-refractivity contribution in [2.45, 2.75) is 25.7 Å². The Bertz CT molecular complexity index is 440. The standard InChI is InChI=1S/C12H12FNO2/c1-7-2-3-9(13)6-10(7)8-4-11(15)14-12(16)5-8/h2-3,6,8H,4-5H2,1H3,(H,14,15,16). The van der Waals surface area contributed by atoms with Crippen LogP contribution in [0.15, 0.2) is 18.2 Å². The lowest BCUT2D eigenvalue weighted by atomic mass is 9.87. The summed E-state index contributed by atoms with van der Waals surface area (Å²) in [5.74, 6) is -1.11. The van der Waals surface area contributed by atoms with Crippen molar-refractivity contribution < 1.29 is 14.0 Å². The van der Waals surface area contributed by atoms with Crippen LogP contribution in [0.3, 0.4) is 0 Å². The molecule has 3 nitrogen and oxygen atoms in total. The number of hydrogen-bond acceptors (Lipinski definition) is 2. The van der Waals surface area contributed by atoms with E-state index in [0.717, 1.165) is 11.1 Å². The molecule has 84 valence electrons. The first kappa shape index (κ1) is 10.8. The molecular weight excluding hydrogens is 209 g/mol. The summed E-state index contributed by atoms with van der Waals surface area (Å²) in [6, 6.07) is 4.46. The third-order valence-corrected chi connectivity index (χ3v) is 2.82. The number of halogens is 1. The molecule has 0 spiro atoms. The normalized spacial score (nSPS) is 17.4. The average Bonchev–Trinajstić information content (AvgIpc) is 2.20. The fourth-order valence-electron chi connectivity index (χ4n) is 2.05. The first-order valence-corrected chi connectivity index (χ1v) is 5.15. The Balaban J connectivity index is 2.32. The van der Waals surface area contributed by atoms with Crippen molar-refractivity contribution in [2.24, 2.45) is 0 Å². The zero-order valence-corrected chi connectivity index (χ0v) is 8.92. The number of nitrogens with one attached hydrogen (secondary N) is 1. The van der Waals surface area contributed by atoms with Crippen LogP contribution in [0.4, 0.5) is 4.39 Å². The zero-order chi connectivity index (χ0) is 11.7. The maximum atomic E-state index is 13.1. The van der Waals surface area contributed by atoms with Crippen molar-refractivity contribution >= 4 is 11.8 Å². The highest BCUT2D eigenvalue weighted by molar-refractivity contribution is 5.98. The van der Waals surface area contributed by atoms with Crippen LogP contribution in [-0.4, -0.2) is 11.8 Å². The number of hydrogen-bond donors (Lipinski definition) is 1. The van der Waals surface area contributed by atoms with Gasteiger partial charge in [-0.3, -0.25) is 14.9 Å². The van der Waals surface area contributed by atoms with Gasteiger partial charge in [-0.1, -0.05) is 6.07 Å². The predicted octanol–water partition coefficient (Wildman–Crippen LogP) is 1.65. The van der Waals surface area contributed by atoms with E-state index in [1.54, 1.807) is 6.07 Å². The van der Waals surface area contributed by atoms with Gasteiger partial charge >= 0.3 is 0 Å². The molecule has 1 aromatic rings. The highest BCUT2D eigenvalue weighted by atomic mass is 19.1. The van der Waals surface area contributed by atoms with Crippen LogP contribution >= 0.6 is 0 Å². The molecule has 0 radical (unpaired) electrons. The molecule has 1 saturated heterocycles. The molecule has 0 aliphatic carbocycles. The molecule has 0 aromatic heterocycles. The Morgan fingerprint density at radius 2 is 1.88 bits per heavy atom. The molecule has 2 rings (SSSR count). The van der Waals surface area contributed by atoms with E-state index < -0.39 is 0 Å². The minimum absolute atomic E-state index is 0.197. The number of aryl methyl sites for hydroxylation is 1. The van der Waals surface area contributed by atoms with Crippen LogP contribution in [0.5, 0.6) is 0 Å². The van der Waals surface area contributed by atoms with Gasteiger partial charge in [0.15, 0.2) is 0 Å². The van der Waals surface area contributed by atoms with Crippen LogP contribution in [0.2, 0.25) is 0 Å². The van der Waals surface area contributed by atoms with Gasteiger partial charge in [0.2, 0.25) is 11.8 Å². The maximum absolute atomic E-state index is 13.1. The van der Waals surface area contributed by atoms with Gasteiger partial charge in [0.05, 0.1) is 0 Å². The lowest BCUT2D eigenvalue weighted by Gasteiger charge is -2.22. The summed E-state index contributed by atoms with van der Waals surface area (Å²) in [4.78, 5) is 22.5. The molecule has 1 aromatic carbocycles. The van der Waals surface area contributed by atoms with Crippen molar-refractivity contribution in [2.75, 3.05) is 0 Å². The summed E-state index contributed by atoms with van der Waals surface area (Å²) in [5, 5.41) is 2.24. The summed E-state index contributed by atoms with van der Waals surface area (Å²) < 4.78 is 13.1. The van der Waals surface area contributed by atoms with Crippen LogP contribution in [0, 0.1) is 12.7 Å². The van der Waals surface area contributed by atoms with E-state index in [9.17, 15) is 14.0 Å². The second-order valence-corrected chi connectivity index (χ2v) is 4.08. The van der Waals surface area contributed by atoms with E-state index in [1.807, 2.05) is 6.92 Å². The number of rotatable bonds is 1. The Hall–Kier alpha value is -1.71. The second-order valence-electron chi connectivity index (χ2n) is 4.08. The number of carbonyl (C=O) groups excluding carboxylic acids is 2. The lowest BCUT2D eigenvalue weighted by molar-refractivity contribution is -0.133.